The summed E-state index contributed by atoms with van der Waals surface area (Å²) in [4.78, 5) is 14.6. The van der Waals surface area contributed by atoms with Crippen molar-refractivity contribution < 1.29 is 22.7 Å². The van der Waals surface area contributed by atoms with E-state index in [1.807, 2.05) is 12.1 Å². The van der Waals surface area contributed by atoms with Gasteiger partial charge < -0.3 is 14.4 Å². The summed E-state index contributed by atoms with van der Waals surface area (Å²) in [5.41, 5.74) is 0.544. The van der Waals surface area contributed by atoms with E-state index in [4.69, 9.17) is 9.47 Å². The Kier molecular flexibility index (Phi) is 6.39. The molecule has 1 aromatic carbocycles. The van der Waals surface area contributed by atoms with Crippen molar-refractivity contribution in [1.29, 1.82) is 0 Å². The monoisotopic (exact) mass is 396 g/mol. The molecule has 8 heteroatoms. The Bertz CT molecular complexity index is 753. The number of para-hydroxylation sites is 1. The van der Waals surface area contributed by atoms with Crippen molar-refractivity contribution in [2.75, 3.05) is 39.7 Å². The van der Waals surface area contributed by atoms with Gasteiger partial charge in [-0.05, 0) is 37.8 Å². The Morgan fingerprint density at radius 2 is 1.70 bits per heavy atom. The van der Waals surface area contributed by atoms with Crippen molar-refractivity contribution >= 4 is 15.9 Å². The fourth-order valence-corrected chi connectivity index (χ4v) is 5.60. The second-order valence-electron chi connectivity index (χ2n) is 7.16. The van der Waals surface area contributed by atoms with Crippen LogP contribution in [0, 0.1) is 0 Å². The van der Waals surface area contributed by atoms with Crippen LogP contribution < -0.4 is 4.74 Å². The number of carbonyl (C=O) groups is 1. The van der Waals surface area contributed by atoms with Crippen LogP contribution in [0.15, 0.2) is 24.3 Å². The van der Waals surface area contributed by atoms with Crippen molar-refractivity contribution in [3.05, 3.63) is 29.8 Å². The summed E-state index contributed by atoms with van der Waals surface area (Å²) in [6, 6.07) is 7.12. The summed E-state index contributed by atoms with van der Waals surface area (Å²) >= 11 is 0. The lowest BCUT2D eigenvalue weighted by Crippen LogP contribution is -2.53. The fourth-order valence-electron chi connectivity index (χ4n) is 4.09. The van der Waals surface area contributed by atoms with E-state index in [0.717, 1.165) is 12.8 Å². The number of sulfonamides is 1. The summed E-state index contributed by atoms with van der Waals surface area (Å²) in [6.45, 7) is 2.28. The van der Waals surface area contributed by atoms with Crippen LogP contribution in [-0.4, -0.2) is 75.3 Å². The maximum absolute atomic E-state index is 12.9. The highest BCUT2D eigenvalue weighted by atomic mass is 32.2. The Morgan fingerprint density at radius 1 is 1.11 bits per heavy atom. The molecule has 0 radical (unpaired) electrons. The van der Waals surface area contributed by atoms with Gasteiger partial charge in [-0.25, -0.2) is 8.42 Å². The zero-order valence-electron chi connectivity index (χ0n) is 16.0. The van der Waals surface area contributed by atoms with Gasteiger partial charge in [0.2, 0.25) is 10.0 Å². The zero-order valence-corrected chi connectivity index (χ0v) is 16.8. The van der Waals surface area contributed by atoms with Crippen LogP contribution in [0.2, 0.25) is 0 Å². The van der Waals surface area contributed by atoms with E-state index in [1.165, 1.54) is 6.26 Å². The molecular weight excluding hydrogens is 368 g/mol. The van der Waals surface area contributed by atoms with Gasteiger partial charge in [0.1, 0.15) is 5.75 Å². The van der Waals surface area contributed by atoms with Crippen LogP contribution in [0.3, 0.4) is 0 Å². The quantitative estimate of drug-likeness (QED) is 0.758. The normalized spacial score (nSPS) is 20.0. The lowest BCUT2D eigenvalue weighted by molar-refractivity contribution is 0.0378. The highest BCUT2D eigenvalue weighted by molar-refractivity contribution is 7.88. The van der Waals surface area contributed by atoms with Crippen LogP contribution in [0.4, 0.5) is 0 Å². The Balaban J connectivity index is 1.68. The van der Waals surface area contributed by atoms with E-state index in [0.29, 0.717) is 50.5 Å². The second-order valence-corrected chi connectivity index (χ2v) is 9.05. The maximum Gasteiger partial charge on any atom is 0.257 e. The average molecular weight is 397 g/mol. The van der Waals surface area contributed by atoms with Gasteiger partial charge in [-0.1, -0.05) is 12.1 Å². The average Bonchev–Trinajstić information content (AvgIpc) is 2.68. The summed E-state index contributed by atoms with van der Waals surface area (Å²) in [6.07, 6.45) is 4.03. The van der Waals surface area contributed by atoms with Gasteiger partial charge in [0, 0.05) is 38.4 Å². The molecule has 0 aliphatic carbocycles. The van der Waals surface area contributed by atoms with Gasteiger partial charge in [0.15, 0.2) is 0 Å². The predicted octanol–water partition coefficient (Wildman–Crippen LogP) is 1.74. The number of piperidine rings is 1. The first kappa shape index (κ1) is 20.1. The molecule has 2 heterocycles. The van der Waals surface area contributed by atoms with Gasteiger partial charge in [0.05, 0.1) is 18.9 Å². The van der Waals surface area contributed by atoms with Crippen LogP contribution in [0.1, 0.15) is 36.0 Å². The first-order valence-corrected chi connectivity index (χ1v) is 11.2. The number of amides is 1. The largest absolute Gasteiger partial charge is 0.496 e. The standard InChI is InChI=1S/C19H28N2O5S/c1-25-18-6-4-3-5-17(18)19(22)20-11-7-15(8-12-20)21(27(2,23)24)16-9-13-26-14-10-16/h3-6,15-16H,7-14H2,1-2H3. The number of hydrogen-bond donors (Lipinski definition) is 0. The van der Waals surface area contributed by atoms with E-state index in [-0.39, 0.29) is 18.0 Å². The topological polar surface area (TPSA) is 76.2 Å². The molecule has 7 nitrogen and oxygen atoms in total. The lowest BCUT2D eigenvalue weighted by atomic mass is 10.0. The van der Waals surface area contributed by atoms with Crippen molar-refractivity contribution in [3.63, 3.8) is 0 Å². The smallest absolute Gasteiger partial charge is 0.257 e. The van der Waals surface area contributed by atoms with E-state index in [1.54, 1.807) is 28.4 Å². The molecule has 0 saturated carbocycles. The number of likely N-dealkylation sites (tertiary alicyclic amines) is 1. The first-order chi connectivity index (χ1) is 12.9. The van der Waals surface area contributed by atoms with Gasteiger partial charge >= 0.3 is 0 Å². The van der Waals surface area contributed by atoms with Gasteiger partial charge in [-0.3, -0.25) is 4.79 Å². The molecule has 0 bridgehead atoms. The molecule has 1 amide bonds. The lowest BCUT2D eigenvalue weighted by Gasteiger charge is -2.42. The molecule has 27 heavy (non-hydrogen) atoms. The van der Waals surface area contributed by atoms with E-state index < -0.39 is 10.0 Å². The molecule has 150 valence electrons. The summed E-state index contributed by atoms with van der Waals surface area (Å²) in [5.74, 6) is 0.493. The molecule has 0 spiro atoms. The SMILES string of the molecule is COc1ccccc1C(=O)N1CCC(N(C2CCOCC2)S(C)(=O)=O)CC1. The van der Waals surface area contributed by atoms with Crippen LogP contribution >= 0.6 is 0 Å². The summed E-state index contributed by atoms with van der Waals surface area (Å²) in [5, 5.41) is 0. The number of carbonyl (C=O) groups excluding carboxylic acids is 1. The Hall–Kier alpha value is -1.64. The molecule has 2 aliphatic rings. The zero-order chi connectivity index (χ0) is 19.4. The van der Waals surface area contributed by atoms with E-state index >= 15 is 0 Å². The highest BCUT2D eigenvalue weighted by Gasteiger charge is 2.37. The van der Waals surface area contributed by atoms with Crippen molar-refractivity contribution in [1.82, 2.24) is 9.21 Å². The van der Waals surface area contributed by atoms with E-state index in [2.05, 4.69) is 0 Å². The van der Waals surface area contributed by atoms with Crippen molar-refractivity contribution in [2.24, 2.45) is 0 Å². The minimum Gasteiger partial charge on any atom is -0.496 e. The molecular formula is C19H28N2O5S. The summed E-state index contributed by atoms with van der Waals surface area (Å²) in [7, 11) is -1.76. The number of rotatable bonds is 5. The van der Waals surface area contributed by atoms with Gasteiger partial charge in [0.25, 0.3) is 5.91 Å². The molecule has 3 rings (SSSR count). The Labute approximate surface area is 161 Å². The molecule has 0 unspecified atom stereocenters. The third kappa shape index (κ3) is 4.62. The minimum atomic E-state index is -3.31. The number of hydrogen-bond acceptors (Lipinski definition) is 5. The van der Waals surface area contributed by atoms with Crippen LogP contribution in [0.5, 0.6) is 5.75 Å². The van der Waals surface area contributed by atoms with Crippen LogP contribution in [0.25, 0.3) is 0 Å². The van der Waals surface area contributed by atoms with Gasteiger partial charge in [-0.2, -0.15) is 4.31 Å². The fraction of sp³-hybridized carbons (Fsp3) is 0.632. The predicted molar refractivity (Wildman–Crippen MR) is 102 cm³/mol. The first-order valence-electron chi connectivity index (χ1n) is 9.40. The molecule has 0 atom stereocenters. The molecule has 2 saturated heterocycles. The Morgan fingerprint density at radius 3 is 2.30 bits per heavy atom. The third-order valence-electron chi connectivity index (χ3n) is 5.38. The maximum atomic E-state index is 12.9. The highest BCUT2D eigenvalue weighted by Crippen LogP contribution is 2.28. The summed E-state index contributed by atoms with van der Waals surface area (Å²) < 4.78 is 37.2. The molecule has 0 N–H and O–H groups in total. The molecule has 2 aliphatic heterocycles. The minimum absolute atomic E-state index is 0.00443. The second kappa shape index (κ2) is 8.58. The number of nitrogens with zero attached hydrogens (tertiary/aromatic N) is 2. The van der Waals surface area contributed by atoms with Crippen LogP contribution in [-0.2, 0) is 14.8 Å². The van der Waals surface area contributed by atoms with Gasteiger partial charge in [-0.15, -0.1) is 0 Å². The third-order valence-corrected chi connectivity index (χ3v) is 6.74. The molecule has 0 aromatic heterocycles. The van der Waals surface area contributed by atoms with E-state index in [9.17, 15) is 13.2 Å². The number of benzene rings is 1. The number of methoxy groups -OCH3 is 1. The van der Waals surface area contributed by atoms with Crippen molar-refractivity contribution in [3.8, 4) is 5.75 Å². The number of ether oxygens (including phenoxy) is 2. The van der Waals surface area contributed by atoms with Crippen molar-refractivity contribution in [2.45, 2.75) is 37.8 Å². The molecule has 2 fully saturated rings. The molecule has 1 aromatic rings.